The van der Waals surface area contributed by atoms with Gasteiger partial charge in [0.05, 0.1) is 7.11 Å². The van der Waals surface area contributed by atoms with Crippen LogP contribution in [-0.4, -0.2) is 18.2 Å². The van der Waals surface area contributed by atoms with Crippen LogP contribution in [-0.2, 0) is 4.74 Å². The number of cyclic esters (lactones) is 1. The number of phenolic OH excluding ortho intramolecular Hbond substituents is 1. The largest absolute Gasteiger partial charge is 0.508 e. The minimum absolute atomic E-state index is 0.121. The summed E-state index contributed by atoms with van der Waals surface area (Å²) >= 11 is 0. The van der Waals surface area contributed by atoms with Gasteiger partial charge in [0.25, 0.3) is 0 Å². The van der Waals surface area contributed by atoms with Gasteiger partial charge < -0.3 is 14.6 Å². The van der Waals surface area contributed by atoms with Gasteiger partial charge >= 0.3 is 5.97 Å². The van der Waals surface area contributed by atoms with Crippen LogP contribution in [0.2, 0.25) is 0 Å². The molecule has 0 unspecified atom stereocenters. The zero-order valence-electron chi connectivity index (χ0n) is 8.83. The Morgan fingerprint density at radius 1 is 1.53 bits per heavy atom. The second-order valence-electron chi connectivity index (χ2n) is 3.57. The van der Waals surface area contributed by atoms with Gasteiger partial charge in [0.2, 0.25) is 0 Å². The van der Waals surface area contributed by atoms with Crippen molar-refractivity contribution in [3.05, 3.63) is 22.8 Å². The normalized spacial score (nSPS) is 18.6. The Labute approximate surface area is 87.4 Å². The van der Waals surface area contributed by atoms with E-state index >= 15 is 0 Å². The molecule has 1 aromatic rings. The molecule has 1 aliphatic heterocycles. The molecular weight excluding hydrogens is 196 g/mol. The highest BCUT2D eigenvalue weighted by Gasteiger charge is 2.33. The number of benzene rings is 1. The summed E-state index contributed by atoms with van der Waals surface area (Å²) in [5, 5.41) is 9.65. The highest BCUT2D eigenvalue weighted by molar-refractivity contribution is 5.98. The number of aromatic hydroxyl groups is 1. The number of esters is 1. The first-order valence-corrected chi connectivity index (χ1v) is 4.67. The summed E-state index contributed by atoms with van der Waals surface area (Å²) in [4.78, 5) is 11.5. The molecule has 0 radical (unpaired) electrons. The van der Waals surface area contributed by atoms with Gasteiger partial charge in [-0.3, -0.25) is 0 Å². The average molecular weight is 208 g/mol. The van der Waals surface area contributed by atoms with Crippen molar-refractivity contribution in [2.45, 2.75) is 20.0 Å². The Kier molecular flexibility index (Phi) is 2.07. The van der Waals surface area contributed by atoms with Crippen LogP contribution in [0.3, 0.4) is 0 Å². The number of phenols is 1. The topological polar surface area (TPSA) is 55.8 Å². The van der Waals surface area contributed by atoms with Crippen LogP contribution in [0.1, 0.15) is 34.5 Å². The number of fused-ring (bicyclic) bond motifs is 1. The quantitative estimate of drug-likeness (QED) is 0.716. The van der Waals surface area contributed by atoms with Crippen LogP contribution in [0, 0.1) is 6.92 Å². The molecule has 1 atom stereocenters. The number of carbonyl (C=O) groups excluding carboxylic acids is 1. The highest BCUT2D eigenvalue weighted by Crippen LogP contribution is 2.41. The van der Waals surface area contributed by atoms with E-state index in [2.05, 4.69) is 0 Å². The summed E-state index contributed by atoms with van der Waals surface area (Å²) in [5.74, 6) is 0.132. The van der Waals surface area contributed by atoms with E-state index in [9.17, 15) is 9.90 Å². The van der Waals surface area contributed by atoms with Crippen molar-refractivity contribution in [1.29, 1.82) is 0 Å². The summed E-state index contributed by atoms with van der Waals surface area (Å²) in [5.41, 5.74) is 1.67. The lowest BCUT2D eigenvalue weighted by molar-refractivity contribution is 0.0420. The third-order valence-electron chi connectivity index (χ3n) is 2.66. The SMILES string of the molecule is COc1c(C)c(O)cc2c1C(=O)O[C@H]2C. The maximum Gasteiger partial charge on any atom is 0.342 e. The third kappa shape index (κ3) is 1.25. The molecule has 0 bridgehead atoms. The average Bonchev–Trinajstić information content (AvgIpc) is 2.45. The molecule has 1 aliphatic rings. The summed E-state index contributed by atoms with van der Waals surface area (Å²) in [6, 6.07) is 1.56. The molecule has 0 saturated carbocycles. The Morgan fingerprint density at radius 3 is 2.80 bits per heavy atom. The standard InChI is InChI=1S/C11H12O4/c1-5-8(12)4-7-6(2)15-11(13)9(7)10(5)14-3/h4,6,12H,1-3H3/t6-/m0/s1. The first-order valence-electron chi connectivity index (χ1n) is 4.67. The number of hydrogen-bond donors (Lipinski definition) is 1. The van der Waals surface area contributed by atoms with E-state index in [0.29, 0.717) is 22.4 Å². The minimum Gasteiger partial charge on any atom is -0.508 e. The van der Waals surface area contributed by atoms with Crippen LogP contribution in [0.15, 0.2) is 6.07 Å². The molecule has 0 aromatic heterocycles. The van der Waals surface area contributed by atoms with Gasteiger partial charge in [-0.25, -0.2) is 4.79 Å². The zero-order chi connectivity index (χ0) is 11.2. The Morgan fingerprint density at radius 2 is 2.20 bits per heavy atom. The molecule has 1 N–H and O–H groups in total. The van der Waals surface area contributed by atoms with Crippen LogP contribution in [0.5, 0.6) is 11.5 Å². The lowest BCUT2D eigenvalue weighted by Crippen LogP contribution is -2.00. The number of ether oxygens (including phenoxy) is 2. The van der Waals surface area contributed by atoms with Crippen LogP contribution < -0.4 is 4.74 Å². The van der Waals surface area contributed by atoms with E-state index in [1.54, 1.807) is 19.9 Å². The first-order chi connectivity index (χ1) is 7.06. The van der Waals surface area contributed by atoms with Gasteiger partial charge in [0, 0.05) is 11.1 Å². The highest BCUT2D eigenvalue weighted by atomic mass is 16.6. The molecule has 2 rings (SSSR count). The van der Waals surface area contributed by atoms with E-state index in [-0.39, 0.29) is 11.9 Å². The molecule has 0 spiro atoms. The fourth-order valence-corrected chi connectivity index (χ4v) is 1.83. The Hall–Kier alpha value is -1.71. The van der Waals surface area contributed by atoms with Gasteiger partial charge in [-0.15, -0.1) is 0 Å². The molecule has 1 aromatic carbocycles. The molecule has 15 heavy (non-hydrogen) atoms. The Bertz CT molecular complexity index is 437. The van der Waals surface area contributed by atoms with E-state index in [4.69, 9.17) is 9.47 Å². The summed E-state index contributed by atoms with van der Waals surface area (Å²) in [7, 11) is 1.47. The zero-order valence-corrected chi connectivity index (χ0v) is 8.83. The van der Waals surface area contributed by atoms with Gasteiger partial charge in [0.15, 0.2) is 0 Å². The van der Waals surface area contributed by atoms with Gasteiger partial charge in [-0.1, -0.05) is 0 Å². The van der Waals surface area contributed by atoms with E-state index in [1.807, 2.05) is 0 Å². The molecule has 0 fully saturated rings. The molecule has 0 aliphatic carbocycles. The first kappa shape index (κ1) is 9.83. The van der Waals surface area contributed by atoms with E-state index in [0.717, 1.165) is 0 Å². The Balaban J connectivity index is 2.75. The molecule has 80 valence electrons. The number of methoxy groups -OCH3 is 1. The smallest absolute Gasteiger partial charge is 0.342 e. The molecular formula is C11H12O4. The van der Waals surface area contributed by atoms with Crippen molar-refractivity contribution in [3.8, 4) is 11.5 Å². The second-order valence-corrected chi connectivity index (χ2v) is 3.57. The van der Waals surface area contributed by atoms with Crippen LogP contribution >= 0.6 is 0 Å². The lowest BCUT2D eigenvalue weighted by atomic mass is 10.0. The van der Waals surface area contributed by atoms with Crippen molar-refractivity contribution in [1.82, 2.24) is 0 Å². The second kappa shape index (κ2) is 3.15. The van der Waals surface area contributed by atoms with E-state index in [1.165, 1.54) is 7.11 Å². The van der Waals surface area contributed by atoms with E-state index < -0.39 is 5.97 Å². The predicted molar refractivity (Wildman–Crippen MR) is 53.2 cm³/mol. The maximum absolute atomic E-state index is 11.5. The molecule has 1 heterocycles. The number of hydrogen-bond acceptors (Lipinski definition) is 4. The third-order valence-corrected chi connectivity index (χ3v) is 2.66. The molecule has 0 amide bonds. The van der Waals surface area contributed by atoms with Gasteiger partial charge in [-0.2, -0.15) is 0 Å². The minimum atomic E-state index is -0.391. The maximum atomic E-state index is 11.5. The number of carbonyl (C=O) groups is 1. The summed E-state index contributed by atoms with van der Waals surface area (Å²) < 4.78 is 10.2. The summed E-state index contributed by atoms with van der Waals surface area (Å²) in [6.45, 7) is 3.46. The van der Waals surface area contributed by atoms with Crippen LogP contribution in [0.4, 0.5) is 0 Å². The monoisotopic (exact) mass is 208 g/mol. The van der Waals surface area contributed by atoms with Gasteiger partial charge in [-0.05, 0) is 19.9 Å². The van der Waals surface area contributed by atoms with Crippen molar-refractivity contribution in [3.63, 3.8) is 0 Å². The van der Waals surface area contributed by atoms with Crippen molar-refractivity contribution in [2.24, 2.45) is 0 Å². The van der Waals surface area contributed by atoms with Crippen LogP contribution in [0.25, 0.3) is 0 Å². The van der Waals surface area contributed by atoms with Crippen molar-refractivity contribution >= 4 is 5.97 Å². The lowest BCUT2D eigenvalue weighted by Gasteiger charge is -2.10. The summed E-state index contributed by atoms with van der Waals surface area (Å²) in [6.07, 6.45) is -0.326. The molecule has 0 saturated heterocycles. The molecule has 4 nitrogen and oxygen atoms in total. The number of rotatable bonds is 1. The van der Waals surface area contributed by atoms with Crippen molar-refractivity contribution in [2.75, 3.05) is 7.11 Å². The fourth-order valence-electron chi connectivity index (χ4n) is 1.83. The van der Waals surface area contributed by atoms with Crippen molar-refractivity contribution < 1.29 is 19.4 Å². The molecule has 4 heteroatoms. The van der Waals surface area contributed by atoms with Gasteiger partial charge in [0.1, 0.15) is 23.2 Å². The fraction of sp³-hybridized carbons (Fsp3) is 0.364. The predicted octanol–water partition coefficient (Wildman–Crippen LogP) is 1.94.